The molecule has 0 aromatic carbocycles. The average molecular weight is 190 g/mol. The van der Waals surface area contributed by atoms with Crippen LogP contribution in [0.1, 0.15) is 18.9 Å². The number of nitrogens with zero attached hydrogens (tertiary/aromatic N) is 2. The quantitative estimate of drug-likeness (QED) is 0.692. The van der Waals surface area contributed by atoms with E-state index in [0.717, 1.165) is 12.8 Å². The van der Waals surface area contributed by atoms with Crippen molar-refractivity contribution in [3.63, 3.8) is 0 Å². The van der Waals surface area contributed by atoms with Crippen molar-refractivity contribution >= 4 is 16.9 Å². The molecule has 0 saturated heterocycles. The number of anilines is 1. The fourth-order valence-corrected chi connectivity index (χ4v) is 1.71. The van der Waals surface area contributed by atoms with E-state index in [1.165, 1.54) is 0 Å². The van der Waals surface area contributed by atoms with E-state index in [2.05, 4.69) is 9.97 Å². The van der Waals surface area contributed by atoms with E-state index in [-0.39, 0.29) is 5.69 Å². The third-order valence-corrected chi connectivity index (χ3v) is 2.55. The summed E-state index contributed by atoms with van der Waals surface area (Å²) < 4.78 is 1.70. The lowest BCUT2D eigenvalue weighted by Gasteiger charge is -1.98. The van der Waals surface area contributed by atoms with Crippen LogP contribution in [0.15, 0.2) is 17.1 Å². The van der Waals surface area contributed by atoms with Crippen molar-refractivity contribution < 1.29 is 0 Å². The highest BCUT2D eigenvalue weighted by molar-refractivity contribution is 5.83. The molecular weight excluding hydrogens is 180 g/mol. The first kappa shape index (κ1) is 7.61. The van der Waals surface area contributed by atoms with Crippen LogP contribution in [0.5, 0.6) is 0 Å². The number of pyridine rings is 1. The lowest BCUT2D eigenvalue weighted by Crippen LogP contribution is -2.15. The van der Waals surface area contributed by atoms with Crippen molar-refractivity contribution in [1.29, 1.82) is 0 Å². The van der Waals surface area contributed by atoms with Gasteiger partial charge in [0.25, 0.3) is 0 Å². The summed E-state index contributed by atoms with van der Waals surface area (Å²) in [4.78, 5) is 18.5. The summed E-state index contributed by atoms with van der Waals surface area (Å²) in [6.45, 7) is 0. The molecule has 0 bridgehead atoms. The van der Waals surface area contributed by atoms with Crippen molar-refractivity contribution in [2.75, 3.05) is 5.73 Å². The molecule has 0 amide bonds. The summed E-state index contributed by atoms with van der Waals surface area (Å²) in [6, 6.07) is 2.01. The second kappa shape index (κ2) is 2.37. The number of aromatic nitrogens is 3. The Hall–Kier alpha value is -1.78. The number of hydrogen-bond acceptors (Lipinski definition) is 3. The fraction of sp³-hybridized carbons (Fsp3) is 0.333. The lowest BCUT2D eigenvalue weighted by atomic mass is 10.4. The molecule has 5 nitrogen and oxygen atoms in total. The Labute approximate surface area is 79.6 Å². The molecule has 0 radical (unpaired) electrons. The third kappa shape index (κ3) is 0.891. The molecule has 0 aliphatic heterocycles. The topological polar surface area (TPSA) is 76.7 Å². The van der Waals surface area contributed by atoms with Gasteiger partial charge in [0.2, 0.25) is 0 Å². The molecule has 0 spiro atoms. The molecule has 2 aromatic heterocycles. The van der Waals surface area contributed by atoms with Gasteiger partial charge in [-0.1, -0.05) is 0 Å². The van der Waals surface area contributed by atoms with Crippen LogP contribution < -0.4 is 11.4 Å². The molecule has 3 N–H and O–H groups in total. The Morgan fingerprint density at radius 1 is 1.57 bits per heavy atom. The van der Waals surface area contributed by atoms with E-state index < -0.39 is 0 Å². The Bertz CT molecular complexity index is 549. The first-order valence-corrected chi connectivity index (χ1v) is 4.62. The highest BCUT2D eigenvalue weighted by atomic mass is 16.1. The lowest BCUT2D eigenvalue weighted by molar-refractivity contribution is 0.726. The van der Waals surface area contributed by atoms with Crippen molar-refractivity contribution in [2.24, 2.45) is 0 Å². The Morgan fingerprint density at radius 2 is 2.36 bits per heavy atom. The minimum Gasteiger partial charge on any atom is -0.397 e. The number of hydrogen-bond donors (Lipinski definition) is 2. The van der Waals surface area contributed by atoms with E-state index in [0.29, 0.717) is 22.9 Å². The van der Waals surface area contributed by atoms with Crippen molar-refractivity contribution in [3.8, 4) is 0 Å². The molecule has 14 heavy (non-hydrogen) atoms. The molecule has 72 valence electrons. The van der Waals surface area contributed by atoms with Crippen LogP contribution in [0.2, 0.25) is 0 Å². The van der Waals surface area contributed by atoms with Crippen molar-refractivity contribution in [2.45, 2.75) is 18.9 Å². The van der Waals surface area contributed by atoms with Gasteiger partial charge in [0.1, 0.15) is 5.52 Å². The highest BCUT2D eigenvalue weighted by Gasteiger charge is 2.28. The molecule has 1 aliphatic rings. The van der Waals surface area contributed by atoms with Gasteiger partial charge in [0.05, 0.1) is 5.69 Å². The highest BCUT2D eigenvalue weighted by Crippen LogP contribution is 2.35. The van der Waals surface area contributed by atoms with Gasteiger partial charge in [-0.15, -0.1) is 0 Å². The smallest absolute Gasteiger partial charge is 0.327 e. The normalized spacial score (nSPS) is 16.3. The van der Waals surface area contributed by atoms with Gasteiger partial charge in [0.15, 0.2) is 5.65 Å². The number of nitrogens with one attached hydrogen (secondary N) is 1. The van der Waals surface area contributed by atoms with E-state index in [1.54, 1.807) is 16.8 Å². The Morgan fingerprint density at radius 3 is 3.07 bits per heavy atom. The summed E-state index contributed by atoms with van der Waals surface area (Å²) in [5.74, 6) is 0. The summed E-state index contributed by atoms with van der Waals surface area (Å²) in [5.41, 5.74) is 7.54. The SMILES string of the molecule is Nc1ccnc2c1[nH]c(=O)n2C1CC1. The molecule has 3 rings (SSSR count). The Kier molecular flexibility index (Phi) is 1.29. The van der Waals surface area contributed by atoms with Crippen molar-refractivity contribution in [1.82, 2.24) is 14.5 Å². The molecule has 0 atom stereocenters. The second-order valence-corrected chi connectivity index (χ2v) is 3.63. The predicted octanol–water partition coefficient (Wildman–Crippen LogP) is 0.642. The molecule has 1 saturated carbocycles. The molecule has 0 unspecified atom stereocenters. The van der Waals surface area contributed by atoms with Crippen LogP contribution in [0, 0.1) is 0 Å². The number of nitrogen functional groups attached to an aromatic ring is 1. The maximum absolute atomic E-state index is 11.6. The van der Waals surface area contributed by atoms with Gasteiger partial charge in [-0.25, -0.2) is 9.78 Å². The van der Waals surface area contributed by atoms with E-state index >= 15 is 0 Å². The number of aromatic amines is 1. The minimum absolute atomic E-state index is 0.104. The molecule has 2 aromatic rings. The molecule has 2 heterocycles. The van der Waals surface area contributed by atoms with E-state index in [4.69, 9.17) is 5.73 Å². The molecule has 5 heteroatoms. The summed E-state index contributed by atoms with van der Waals surface area (Å²) in [5, 5.41) is 0. The molecule has 1 aliphatic carbocycles. The molecular formula is C9H10N4O. The second-order valence-electron chi connectivity index (χ2n) is 3.63. The average Bonchev–Trinajstić information content (AvgIpc) is 2.91. The Balaban J connectivity index is 2.43. The van der Waals surface area contributed by atoms with Gasteiger partial charge < -0.3 is 10.7 Å². The first-order chi connectivity index (χ1) is 6.77. The zero-order valence-corrected chi connectivity index (χ0v) is 7.53. The predicted molar refractivity (Wildman–Crippen MR) is 53.0 cm³/mol. The summed E-state index contributed by atoms with van der Waals surface area (Å²) in [7, 11) is 0. The largest absolute Gasteiger partial charge is 0.397 e. The third-order valence-electron chi connectivity index (χ3n) is 2.55. The van der Waals surface area contributed by atoms with Crippen LogP contribution in [0.3, 0.4) is 0 Å². The van der Waals surface area contributed by atoms with Crippen LogP contribution in [0.25, 0.3) is 11.2 Å². The number of nitrogens with two attached hydrogens (primary N) is 1. The zero-order chi connectivity index (χ0) is 9.71. The summed E-state index contributed by atoms with van der Waals surface area (Å²) in [6.07, 6.45) is 3.75. The van der Waals surface area contributed by atoms with E-state index in [1.807, 2.05) is 0 Å². The van der Waals surface area contributed by atoms with Crippen LogP contribution in [-0.4, -0.2) is 14.5 Å². The van der Waals surface area contributed by atoms with Gasteiger partial charge in [-0.3, -0.25) is 4.57 Å². The molecule has 1 fully saturated rings. The maximum Gasteiger partial charge on any atom is 0.327 e. The van der Waals surface area contributed by atoms with Crippen LogP contribution >= 0.6 is 0 Å². The maximum atomic E-state index is 11.6. The van der Waals surface area contributed by atoms with Gasteiger partial charge >= 0.3 is 5.69 Å². The number of rotatable bonds is 1. The van der Waals surface area contributed by atoms with Crippen LogP contribution in [-0.2, 0) is 0 Å². The number of fused-ring (bicyclic) bond motifs is 1. The van der Waals surface area contributed by atoms with Gasteiger partial charge in [-0.05, 0) is 18.9 Å². The number of imidazole rings is 1. The fourth-order valence-electron chi connectivity index (χ4n) is 1.71. The first-order valence-electron chi connectivity index (χ1n) is 4.62. The standard InChI is InChI=1S/C9H10N4O/c10-6-3-4-11-8-7(6)12-9(14)13(8)5-1-2-5/h3-5H,1-2H2,(H2,10,11)(H,12,14). The van der Waals surface area contributed by atoms with E-state index in [9.17, 15) is 4.79 Å². The van der Waals surface area contributed by atoms with Crippen molar-refractivity contribution in [3.05, 3.63) is 22.7 Å². The zero-order valence-electron chi connectivity index (χ0n) is 7.53. The monoisotopic (exact) mass is 190 g/mol. The van der Waals surface area contributed by atoms with Crippen LogP contribution in [0.4, 0.5) is 5.69 Å². The minimum atomic E-state index is -0.104. The number of H-pyrrole nitrogens is 1. The van der Waals surface area contributed by atoms with Gasteiger partial charge in [-0.2, -0.15) is 0 Å². The summed E-state index contributed by atoms with van der Waals surface area (Å²) >= 11 is 0. The van der Waals surface area contributed by atoms with Gasteiger partial charge in [0, 0.05) is 12.2 Å².